The van der Waals surface area contributed by atoms with Gasteiger partial charge < -0.3 is 0 Å². The highest BCUT2D eigenvalue weighted by Crippen LogP contribution is 2.27. The zero-order valence-corrected chi connectivity index (χ0v) is 13.4. The van der Waals surface area contributed by atoms with Crippen LogP contribution >= 0.6 is 8.58 Å². The Bertz CT molecular complexity index is 745. The molecule has 0 N–H and O–H groups in total. The Morgan fingerprint density at radius 2 is 1.24 bits per heavy atom. The van der Waals surface area contributed by atoms with Crippen LogP contribution < -0.4 is 10.6 Å². The van der Waals surface area contributed by atoms with Crippen LogP contribution in [0, 0.1) is 13.8 Å². The Hall–Kier alpha value is -1.91. The van der Waals surface area contributed by atoms with E-state index in [2.05, 4.69) is 86.6 Å². The summed E-state index contributed by atoms with van der Waals surface area (Å²) in [7, 11) is 0.711. The number of rotatable bonds is 3. The van der Waals surface area contributed by atoms with E-state index in [1.165, 1.54) is 32.9 Å². The van der Waals surface area contributed by atoms with Crippen LogP contribution in [0.4, 0.5) is 0 Å². The molecule has 1 heteroatoms. The van der Waals surface area contributed by atoms with Gasteiger partial charge in [0.1, 0.15) is 0 Å². The van der Waals surface area contributed by atoms with Gasteiger partial charge >= 0.3 is 0 Å². The molecule has 0 radical (unpaired) electrons. The molecule has 0 aliphatic carbocycles. The van der Waals surface area contributed by atoms with Crippen molar-refractivity contribution >= 4 is 19.2 Å². The molecule has 0 amide bonds. The van der Waals surface area contributed by atoms with Crippen LogP contribution in [0.5, 0.6) is 0 Å². The number of benzene rings is 3. The first-order chi connectivity index (χ1) is 10.2. The number of hydrogen-bond donors (Lipinski definition) is 0. The van der Waals surface area contributed by atoms with E-state index in [9.17, 15) is 0 Å². The Kier molecular flexibility index (Phi) is 4.18. The summed E-state index contributed by atoms with van der Waals surface area (Å²) >= 11 is 0. The molecule has 1 unspecified atom stereocenters. The molecule has 0 saturated heterocycles. The van der Waals surface area contributed by atoms with Crippen molar-refractivity contribution in [3.63, 3.8) is 0 Å². The van der Waals surface area contributed by atoms with Crippen molar-refractivity contribution in [2.45, 2.75) is 13.8 Å². The first-order valence-electron chi connectivity index (χ1n) is 7.23. The average molecular weight is 290 g/mol. The van der Waals surface area contributed by atoms with Crippen molar-refractivity contribution in [3.8, 4) is 11.1 Å². The highest BCUT2D eigenvalue weighted by Gasteiger charge is 2.06. The van der Waals surface area contributed by atoms with Gasteiger partial charge in [0.15, 0.2) is 0 Å². The maximum Gasteiger partial charge on any atom is -0.0146 e. The molecule has 3 aromatic rings. The normalized spacial score (nSPS) is 11.1. The molecule has 0 aliphatic heterocycles. The van der Waals surface area contributed by atoms with Gasteiger partial charge in [0.05, 0.1) is 0 Å². The van der Waals surface area contributed by atoms with E-state index >= 15 is 0 Å². The average Bonchev–Trinajstić information content (AvgIpc) is 2.51. The Balaban J connectivity index is 1.99. The standard InChI is InChI=1S/C20H19P/c1-15-8-6-7-11-19(15)20-14-18(13-12-16(20)2)21-17-9-4-3-5-10-17/h3-14,21H,1-2H3. The topological polar surface area (TPSA) is 0 Å². The predicted molar refractivity (Wildman–Crippen MR) is 95.4 cm³/mol. The minimum atomic E-state index is 0.711. The molecular formula is C20H19P. The summed E-state index contributed by atoms with van der Waals surface area (Å²) in [5.74, 6) is 0. The van der Waals surface area contributed by atoms with Crippen LogP contribution in [-0.4, -0.2) is 0 Å². The molecule has 0 aromatic heterocycles. The van der Waals surface area contributed by atoms with E-state index in [4.69, 9.17) is 0 Å². The Morgan fingerprint density at radius 3 is 2.00 bits per heavy atom. The summed E-state index contributed by atoms with van der Waals surface area (Å²) in [5.41, 5.74) is 5.37. The largest absolute Gasteiger partial charge is 0.0622 e. The van der Waals surface area contributed by atoms with Crippen molar-refractivity contribution in [2.75, 3.05) is 0 Å². The number of hydrogen-bond acceptors (Lipinski definition) is 0. The van der Waals surface area contributed by atoms with Crippen LogP contribution in [0.15, 0.2) is 72.8 Å². The second kappa shape index (κ2) is 6.24. The lowest BCUT2D eigenvalue weighted by Crippen LogP contribution is -2.04. The van der Waals surface area contributed by atoms with Crippen LogP contribution in [0.2, 0.25) is 0 Å². The van der Waals surface area contributed by atoms with E-state index in [-0.39, 0.29) is 0 Å². The van der Waals surface area contributed by atoms with E-state index in [1.807, 2.05) is 0 Å². The lowest BCUT2D eigenvalue weighted by molar-refractivity contribution is 1.42. The maximum absolute atomic E-state index is 2.35. The summed E-state index contributed by atoms with van der Waals surface area (Å²) < 4.78 is 0. The second-order valence-electron chi connectivity index (χ2n) is 5.34. The summed E-state index contributed by atoms with van der Waals surface area (Å²) in [4.78, 5) is 0. The lowest BCUT2D eigenvalue weighted by Gasteiger charge is -2.12. The van der Waals surface area contributed by atoms with Gasteiger partial charge in [-0.2, -0.15) is 0 Å². The predicted octanol–water partition coefficient (Wildman–Crippen LogP) is 4.60. The molecule has 0 heterocycles. The minimum Gasteiger partial charge on any atom is -0.0622 e. The molecule has 21 heavy (non-hydrogen) atoms. The van der Waals surface area contributed by atoms with Crippen LogP contribution in [0.25, 0.3) is 11.1 Å². The molecule has 1 atom stereocenters. The van der Waals surface area contributed by atoms with E-state index in [1.54, 1.807) is 0 Å². The zero-order chi connectivity index (χ0) is 14.7. The van der Waals surface area contributed by atoms with Gasteiger partial charge in [0.2, 0.25) is 0 Å². The fourth-order valence-electron chi connectivity index (χ4n) is 2.55. The molecule has 3 rings (SSSR count). The van der Waals surface area contributed by atoms with Crippen LogP contribution in [0.1, 0.15) is 11.1 Å². The molecule has 0 nitrogen and oxygen atoms in total. The number of aryl methyl sites for hydroxylation is 2. The van der Waals surface area contributed by atoms with Gasteiger partial charge in [0.25, 0.3) is 0 Å². The lowest BCUT2D eigenvalue weighted by atomic mass is 9.97. The van der Waals surface area contributed by atoms with Gasteiger partial charge in [-0.3, -0.25) is 0 Å². The van der Waals surface area contributed by atoms with Crippen LogP contribution in [0.3, 0.4) is 0 Å². The fourth-order valence-corrected chi connectivity index (χ4v) is 3.63. The van der Waals surface area contributed by atoms with Crippen molar-refractivity contribution in [1.82, 2.24) is 0 Å². The maximum atomic E-state index is 2.35. The Morgan fingerprint density at radius 1 is 0.571 bits per heavy atom. The van der Waals surface area contributed by atoms with Crippen LogP contribution in [-0.2, 0) is 0 Å². The third-order valence-electron chi connectivity index (χ3n) is 3.74. The third kappa shape index (κ3) is 3.23. The molecule has 3 aromatic carbocycles. The molecular weight excluding hydrogens is 271 g/mol. The molecule has 104 valence electrons. The Labute approximate surface area is 128 Å². The summed E-state index contributed by atoms with van der Waals surface area (Å²) in [6.45, 7) is 4.37. The van der Waals surface area contributed by atoms with Gasteiger partial charge in [-0.15, -0.1) is 0 Å². The molecule has 0 aliphatic rings. The first-order valence-corrected chi connectivity index (χ1v) is 8.23. The van der Waals surface area contributed by atoms with Crippen molar-refractivity contribution in [2.24, 2.45) is 0 Å². The molecule has 0 fully saturated rings. The minimum absolute atomic E-state index is 0.711. The summed E-state index contributed by atoms with van der Waals surface area (Å²) in [6, 6.07) is 26.2. The highest BCUT2D eigenvalue weighted by molar-refractivity contribution is 7.55. The SMILES string of the molecule is Cc1ccccc1-c1cc(Pc2ccccc2)ccc1C. The molecule has 0 saturated carbocycles. The third-order valence-corrected chi connectivity index (χ3v) is 4.96. The molecule has 0 bridgehead atoms. The van der Waals surface area contributed by atoms with E-state index in [0.29, 0.717) is 8.58 Å². The van der Waals surface area contributed by atoms with Gasteiger partial charge in [-0.1, -0.05) is 75.3 Å². The quantitative estimate of drug-likeness (QED) is 0.618. The van der Waals surface area contributed by atoms with Gasteiger partial charge in [-0.25, -0.2) is 0 Å². The second-order valence-corrected chi connectivity index (χ2v) is 6.74. The van der Waals surface area contributed by atoms with E-state index in [0.717, 1.165) is 0 Å². The van der Waals surface area contributed by atoms with E-state index < -0.39 is 0 Å². The first kappa shape index (κ1) is 14.0. The zero-order valence-electron chi connectivity index (χ0n) is 12.4. The molecule has 0 spiro atoms. The van der Waals surface area contributed by atoms with Crippen molar-refractivity contribution in [1.29, 1.82) is 0 Å². The monoisotopic (exact) mass is 290 g/mol. The highest BCUT2D eigenvalue weighted by atomic mass is 31.1. The smallest absolute Gasteiger partial charge is 0.0146 e. The van der Waals surface area contributed by atoms with Gasteiger partial charge in [-0.05, 0) is 52.8 Å². The van der Waals surface area contributed by atoms with Gasteiger partial charge in [0, 0.05) is 0 Å². The van der Waals surface area contributed by atoms with Crippen molar-refractivity contribution < 1.29 is 0 Å². The fraction of sp³-hybridized carbons (Fsp3) is 0.100. The van der Waals surface area contributed by atoms with Crippen molar-refractivity contribution in [3.05, 3.63) is 83.9 Å². The summed E-state index contributed by atoms with van der Waals surface area (Å²) in [5, 5.41) is 2.78. The summed E-state index contributed by atoms with van der Waals surface area (Å²) in [6.07, 6.45) is 0.